The zero-order chi connectivity index (χ0) is 11.6. The first-order valence-corrected chi connectivity index (χ1v) is 5.27. The maximum atomic E-state index is 12.7. The molecule has 81 valence electrons. The first-order chi connectivity index (χ1) is 6.88. The highest BCUT2D eigenvalue weighted by Crippen LogP contribution is 2.38. The Morgan fingerprint density at radius 3 is 2.40 bits per heavy atom. The van der Waals surface area contributed by atoms with Gasteiger partial charge in [0.15, 0.2) is 0 Å². The lowest BCUT2D eigenvalue weighted by molar-refractivity contribution is -0.138. The molecule has 0 aliphatic rings. The molecule has 1 atom stereocenters. The smallest absolute Gasteiger partial charge is 0.166 e. The van der Waals surface area contributed by atoms with E-state index >= 15 is 0 Å². The van der Waals surface area contributed by atoms with Crippen LogP contribution in [0.1, 0.15) is 17.0 Å². The van der Waals surface area contributed by atoms with E-state index in [1.54, 1.807) is 28.7 Å². The monoisotopic (exact) mass is 325 g/mol. The molecule has 0 bridgehead atoms. The van der Waals surface area contributed by atoms with Crippen LogP contribution in [0.25, 0.3) is 0 Å². The molecular weight excluding hydrogens is 316 g/mol. The van der Waals surface area contributed by atoms with Gasteiger partial charge >= 0.3 is 6.18 Å². The minimum absolute atomic E-state index is 0.171. The molecule has 1 radical (unpaired) electrons. The van der Waals surface area contributed by atoms with Crippen LogP contribution in [0.3, 0.4) is 0 Å². The summed E-state index contributed by atoms with van der Waals surface area (Å²) in [7, 11) is 0. The molecule has 0 nitrogen and oxygen atoms in total. The highest BCUT2D eigenvalue weighted by Gasteiger charge is 2.36. The third-order valence-electron chi connectivity index (χ3n) is 2.01. The molecule has 1 rings (SSSR count). The van der Waals surface area contributed by atoms with Crippen molar-refractivity contribution < 1.29 is 13.2 Å². The van der Waals surface area contributed by atoms with E-state index in [2.05, 4.69) is 13.5 Å². The van der Waals surface area contributed by atoms with Crippen LogP contribution in [0, 0.1) is 10.5 Å². The van der Waals surface area contributed by atoms with Gasteiger partial charge in [-0.15, -0.1) is 6.58 Å². The summed E-state index contributed by atoms with van der Waals surface area (Å²) < 4.78 is 38.4. The quantitative estimate of drug-likeness (QED) is 0.558. The Balaban J connectivity index is 3.39. The fourth-order valence-corrected chi connectivity index (χ4v) is 2.10. The summed E-state index contributed by atoms with van der Waals surface area (Å²) in [4.78, 5) is 0. The summed E-state index contributed by atoms with van der Waals surface area (Å²) >= 11 is 1.68. The van der Waals surface area contributed by atoms with Crippen LogP contribution < -0.4 is 0 Å². The second-order valence-corrected chi connectivity index (χ2v) is 4.21. The van der Waals surface area contributed by atoms with Gasteiger partial charge in [-0.05, 0) is 41.1 Å². The van der Waals surface area contributed by atoms with Gasteiger partial charge in [-0.3, -0.25) is 0 Å². The van der Waals surface area contributed by atoms with Crippen LogP contribution in [0.2, 0.25) is 0 Å². The Bertz CT molecular complexity index is 369. The van der Waals surface area contributed by atoms with Crippen LogP contribution in [0.5, 0.6) is 0 Å². The molecule has 0 saturated carbocycles. The van der Waals surface area contributed by atoms with Crippen molar-refractivity contribution in [1.82, 2.24) is 0 Å². The van der Waals surface area contributed by atoms with Crippen molar-refractivity contribution in [2.75, 3.05) is 0 Å². The van der Waals surface area contributed by atoms with E-state index in [1.165, 1.54) is 18.2 Å². The Hall–Kier alpha value is -0.520. The molecule has 15 heavy (non-hydrogen) atoms. The van der Waals surface area contributed by atoms with Crippen LogP contribution in [-0.4, -0.2) is 0 Å². The summed E-state index contributed by atoms with van der Waals surface area (Å²) in [5, 5.41) is 0. The van der Waals surface area contributed by atoms with E-state index in [0.717, 1.165) is 0 Å². The lowest BCUT2D eigenvalue weighted by atomic mass is 9.95. The Labute approximate surface area is 100 Å². The Kier molecular flexibility index (Phi) is 3.81. The first-order valence-electron chi connectivity index (χ1n) is 4.19. The summed E-state index contributed by atoms with van der Waals surface area (Å²) in [6.45, 7) is 7.08. The maximum absolute atomic E-state index is 12.7. The van der Waals surface area contributed by atoms with Crippen LogP contribution in [-0.2, 0) is 6.18 Å². The number of allylic oxidation sites excluding steroid dienone is 1. The predicted octanol–water partition coefficient (Wildman–Crippen LogP) is 4.41. The van der Waals surface area contributed by atoms with Gasteiger partial charge in [0.25, 0.3) is 0 Å². The molecule has 1 unspecified atom stereocenters. The molecule has 1 aromatic carbocycles. The lowest BCUT2D eigenvalue weighted by Gasteiger charge is -2.17. The summed E-state index contributed by atoms with van der Waals surface area (Å²) in [5.74, 6) is -0.545. The fraction of sp³-hybridized carbons (Fsp3) is 0.182. The molecule has 0 aliphatic carbocycles. The standard InChI is InChI=1S/C11H9F3I/c1-3-7(2)8-5-4-6-9(15)10(8)11(12,13)14/h3-7H,1-2H2. The first kappa shape index (κ1) is 12.5. The van der Waals surface area contributed by atoms with Gasteiger partial charge in [0.05, 0.1) is 5.56 Å². The lowest BCUT2D eigenvalue weighted by Crippen LogP contribution is -2.12. The van der Waals surface area contributed by atoms with Gasteiger partial charge in [0, 0.05) is 9.49 Å². The van der Waals surface area contributed by atoms with E-state index < -0.39 is 17.7 Å². The van der Waals surface area contributed by atoms with Gasteiger partial charge in [0.1, 0.15) is 0 Å². The van der Waals surface area contributed by atoms with Crippen molar-refractivity contribution in [1.29, 1.82) is 0 Å². The van der Waals surface area contributed by atoms with Crippen LogP contribution >= 0.6 is 22.6 Å². The van der Waals surface area contributed by atoms with Crippen molar-refractivity contribution in [2.45, 2.75) is 12.1 Å². The zero-order valence-corrected chi connectivity index (χ0v) is 9.97. The number of benzene rings is 1. The Morgan fingerprint density at radius 1 is 1.33 bits per heavy atom. The maximum Gasteiger partial charge on any atom is 0.417 e. The second kappa shape index (κ2) is 4.55. The molecule has 0 fully saturated rings. The van der Waals surface area contributed by atoms with Gasteiger partial charge < -0.3 is 0 Å². The number of alkyl halides is 3. The van der Waals surface area contributed by atoms with Gasteiger partial charge in [-0.25, -0.2) is 0 Å². The highest BCUT2D eigenvalue weighted by molar-refractivity contribution is 14.1. The van der Waals surface area contributed by atoms with Gasteiger partial charge in [-0.2, -0.15) is 13.2 Å². The molecule has 0 N–H and O–H groups in total. The highest BCUT2D eigenvalue weighted by atomic mass is 127. The van der Waals surface area contributed by atoms with E-state index in [0.29, 0.717) is 0 Å². The van der Waals surface area contributed by atoms with Crippen LogP contribution in [0.15, 0.2) is 30.9 Å². The van der Waals surface area contributed by atoms with Gasteiger partial charge in [0.2, 0.25) is 0 Å². The van der Waals surface area contributed by atoms with Crippen molar-refractivity contribution in [3.63, 3.8) is 0 Å². The summed E-state index contributed by atoms with van der Waals surface area (Å²) in [6.07, 6.45) is -2.94. The molecule has 0 amide bonds. The van der Waals surface area contributed by atoms with E-state index in [1.807, 2.05) is 0 Å². The SMILES string of the molecule is [CH2]C(C=C)c1cccc(I)c1C(F)(F)F. The third kappa shape index (κ3) is 2.74. The number of hydrogen-bond donors (Lipinski definition) is 0. The number of rotatable bonds is 2. The molecule has 0 aliphatic heterocycles. The molecule has 0 heterocycles. The van der Waals surface area contributed by atoms with Crippen molar-refractivity contribution in [3.8, 4) is 0 Å². The molecule has 1 aromatic rings. The van der Waals surface area contributed by atoms with E-state index in [-0.39, 0.29) is 9.13 Å². The van der Waals surface area contributed by atoms with Crippen molar-refractivity contribution in [3.05, 3.63) is 52.5 Å². The second-order valence-electron chi connectivity index (χ2n) is 3.04. The third-order valence-corrected chi connectivity index (χ3v) is 2.91. The average molecular weight is 325 g/mol. The largest absolute Gasteiger partial charge is 0.417 e. The van der Waals surface area contributed by atoms with E-state index in [9.17, 15) is 13.2 Å². The normalized spacial score (nSPS) is 13.7. The van der Waals surface area contributed by atoms with Crippen LogP contribution in [0.4, 0.5) is 13.2 Å². The van der Waals surface area contributed by atoms with Crippen molar-refractivity contribution in [2.24, 2.45) is 0 Å². The minimum atomic E-state index is -4.34. The topological polar surface area (TPSA) is 0 Å². The molecule has 0 spiro atoms. The zero-order valence-electron chi connectivity index (χ0n) is 7.81. The van der Waals surface area contributed by atoms with Crippen molar-refractivity contribution >= 4 is 22.6 Å². The predicted molar refractivity (Wildman–Crippen MR) is 62.5 cm³/mol. The Morgan fingerprint density at radius 2 is 1.93 bits per heavy atom. The molecular formula is C11H9F3I. The van der Waals surface area contributed by atoms with Gasteiger partial charge in [-0.1, -0.05) is 18.2 Å². The molecule has 0 saturated heterocycles. The number of halogens is 4. The number of hydrogen-bond acceptors (Lipinski definition) is 0. The fourth-order valence-electron chi connectivity index (χ4n) is 1.28. The minimum Gasteiger partial charge on any atom is -0.166 e. The molecule has 4 heteroatoms. The average Bonchev–Trinajstić information content (AvgIpc) is 2.14. The van der Waals surface area contributed by atoms with E-state index in [4.69, 9.17) is 0 Å². The molecule has 0 aromatic heterocycles. The summed E-state index contributed by atoms with van der Waals surface area (Å²) in [5.41, 5.74) is -0.435. The summed E-state index contributed by atoms with van der Waals surface area (Å²) in [6, 6.07) is 4.46.